The number of rotatable bonds is 6. The van der Waals surface area contributed by atoms with Crippen LogP contribution in [0.3, 0.4) is 0 Å². The van der Waals surface area contributed by atoms with Gasteiger partial charge < -0.3 is 9.84 Å². The molecule has 0 aromatic heterocycles. The van der Waals surface area contributed by atoms with Gasteiger partial charge in [-0.15, -0.1) is 0 Å². The summed E-state index contributed by atoms with van der Waals surface area (Å²) in [5, 5.41) is 9.65. The molecule has 1 aliphatic carbocycles. The van der Waals surface area contributed by atoms with Crippen molar-refractivity contribution in [1.82, 2.24) is 4.72 Å². The van der Waals surface area contributed by atoms with E-state index >= 15 is 0 Å². The topological polar surface area (TPSA) is 75.6 Å². The van der Waals surface area contributed by atoms with E-state index in [0.29, 0.717) is 13.0 Å². The molecule has 0 spiro atoms. The standard InChI is InChI=1S/C10H21NO4S/c1-2-15-7-8-16(13,14)11-9-5-3-4-6-10(9)12/h9-12H,2-8H2,1H3/t9-,10-/m1/s1. The van der Waals surface area contributed by atoms with Crippen molar-refractivity contribution >= 4 is 10.0 Å². The van der Waals surface area contributed by atoms with E-state index in [2.05, 4.69) is 4.72 Å². The normalized spacial score (nSPS) is 26.9. The number of sulfonamides is 1. The summed E-state index contributed by atoms with van der Waals surface area (Å²) < 4.78 is 30.8. The molecule has 6 heteroatoms. The van der Waals surface area contributed by atoms with Crippen molar-refractivity contribution in [3.05, 3.63) is 0 Å². The maximum absolute atomic E-state index is 11.6. The molecule has 16 heavy (non-hydrogen) atoms. The van der Waals surface area contributed by atoms with Crippen molar-refractivity contribution in [2.75, 3.05) is 19.0 Å². The zero-order valence-electron chi connectivity index (χ0n) is 9.68. The van der Waals surface area contributed by atoms with Gasteiger partial charge in [0.15, 0.2) is 0 Å². The van der Waals surface area contributed by atoms with Crippen molar-refractivity contribution in [3.8, 4) is 0 Å². The second-order valence-corrected chi connectivity index (χ2v) is 5.97. The Morgan fingerprint density at radius 2 is 2.06 bits per heavy atom. The lowest BCUT2D eigenvalue weighted by molar-refractivity contribution is 0.101. The second-order valence-electron chi connectivity index (χ2n) is 4.09. The first-order valence-electron chi connectivity index (χ1n) is 5.81. The summed E-state index contributed by atoms with van der Waals surface area (Å²) in [6.45, 7) is 2.54. The summed E-state index contributed by atoms with van der Waals surface area (Å²) in [5.41, 5.74) is 0. The molecule has 0 unspecified atom stereocenters. The molecule has 1 saturated carbocycles. The largest absolute Gasteiger partial charge is 0.391 e. The fourth-order valence-corrected chi connectivity index (χ4v) is 3.04. The highest BCUT2D eigenvalue weighted by atomic mass is 32.2. The van der Waals surface area contributed by atoms with Crippen LogP contribution in [0, 0.1) is 0 Å². The van der Waals surface area contributed by atoms with Crippen LogP contribution >= 0.6 is 0 Å². The lowest BCUT2D eigenvalue weighted by atomic mass is 9.93. The van der Waals surface area contributed by atoms with Gasteiger partial charge in [-0.25, -0.2) is 13.1 Å². The molecule has 1 rings (SSSR count). The molecule has 1 aliphatic rings. The van der Waals surface area contributed by atoms with Crippen LogP contribution in [0.2, 0.25) is 0 Å². The van der Waals surface area contributed by atoms with Crippen LogP contribution < -0.4 is 4.72 Å². The first kappa shape index (κ1) is 13.9. The van der Waals surface area contributed by atoms with E-state index in [1.54, 1.807) is 0 Å². The fraction of sp³-hybridized carbons (Fsp3) is 1.00. The second kappa shape index (κ2) is 6.54. The Balaban J connectivity index is 2.38. The average molecular weight is 251 g/mol. The smallest absolute Gasteiger partial charge is 0.214 e. The van der Waals surface area contributed by atoms with Crippen LogP contribution in [0.4, 0.5) is 0 Å². The van der Waals surface area contributed by atoms with Gasteiger partial charge in [-0.2, -0.15) is 0 Å². The predicted molar refractivity (Wildman–Crippen MR) is 61.7 cm³/mol. The van der Waals surface area contributed by atoms with E-state index in [-0.39, 0.29) is 18.4 Å². The number of ether oxygens (including phenoxy) is 1. The van der Waals surface area contributed by atoms with Gasteiger partial charge in [0, 0.05) is 12.6 Å². The summed E-state index contributed by atoms with van der Waals surface area (Å²) in [7, 11) is -3.32. The van der Waals surface area contributed by atoms with Gasteiger partial charge in [-0.05, 0) is 19.8 Å². The molecule has 0 heterocycles. The van der Waals surface area contributed by atoms with Crippen molar-refractivity contribution in [2.24, 2.45) is 0 Å². The summed E-state index contributed by atoms with van der Waals surface area (Å²) in [5.74, 6) is -0.0376. The zero-order chi connectivity index (χ0) is 12.0. The van der Waals surface area contributed by atoms with Gasteiger partial charge in [0.2, 0.25) is 10.0 Å². The molecular formula is C10H21NO4S. The Morgan fingerprint density at radius 1 is 1.38 bits per heavy atom. The van der Waals surface area contributed by atoms with E-state index in [9.17, 15) is 13.5 Å². The van der Waals surface area contributed by atoms with Gasteiger partial charge in [0.25, 0.3) is 0 Å². The van der Waals surface area contributed by atoms with Crippen LogP contribution in [0.5, 0.6) is 0 Å². The van der Waals surface area contributed by atoms with Gasteiger partial charge in [0.1, 0.15) is 0 Å². The number of hydrogen-bond donors (Lipinski definition) is 2. The lowest BCUT2D eigenvalue weighted by Crippen LogP contribution is -2.46. The highest BCUT2D eigenvalue weighted by Gasteiger charge is 2.26. The minimum absolute atomic E-state index is 0.0376. The van der Waals surface area contributed by atoms with E-state index in [0.717, 1.165) is 19.3 Å². The highest BCUT2D eigenvalue weighted by Crippen LogP contribution is 2.18. The molecule has 0 bridgehead atoms. The monoisotopic (exact) mass is 251 g/mol. The van der Waals surface area contributed by atoms with Crippen molar-refractivity contribution in [3.63, 3.8) is 0 Å². The molecule has 96 valence electrons. The Labute approximate surface area is 97.2 Å². The van der Waals surface area contributed by atoms with Crippen LogP contribution in [-0.2, 0) is 14.8 Å². The average Bonchev–Trinajstić information content (AvgIpc) is 2.21. The molecule has 0 aromatic rings. The SMILES string of the molecule is CCOCCS(=O)(=O)N[C@@H]1CCCC[C@H]1O. The van der Waals surface area contributed by atoms with E-state index in [1.165, 1.54) is 0 Å². The summed E-state index contributed by atoms with van der Waals surface area (Å²) in [6, 6.07) is -0.319. The van der Waals surface area contributed by atoms with Crippen LogP contribution in [0.1, 0.15) is 32.6 Å². The maximum atomic E-state index is 11.6. The fourth-order valence-electron chi connectivity index (χ4n) is 1.85. The Kier molecular flexibility index (Phi) is 5.68. The van der Waals surface area contributed by atoms with Crippen LogP contribution in [0.15, 0.2) is 0 Å². The number of aliphatic hydroxyl groups excluding tert-OH is 1. The number of hydrogen-bond acceptors (Lipinski definition) is 4. The van der Waals surface area contributed by atoms with Gasteiger partial charge >= 0.3 is 0 Å². The first-order valence-corrected chi connectivity index (χ1v) is 7.46. The van der Waals surface area contributed by atoms with E-state index < -0.39 is 16.1 Å². The van der Waals surface area contributed by atoms with E-state index in [1.807, 2.05) is 6.92 Å². The van der Waals surface area contributed by atoms with Gasteiger partial charge in [-0.1, -0.05) is 12.8 Å². The van der Waals surface area contributed by atoms with E-state index in [4.69, 9.17) is 4.74 Å². The quantitative estimate of drug-likeness (QED) is 0.663. The highest BCUT2D eigenvalue weighted by molar-refractivity contribution is 7.89. The molecule has 0 amide bonds. The molecule has 5 nitrogen and oxygen atoms in total. The molecule has 2 atom stereocenters. The molecule has 0 aliphatic heterocycles. The minimum Gasteiger partial charge on any atom is -0.391 e. The molecule has 2 N–H and O–H groups in total. The first-order chi connectivity index (χ1) is 7.55. The Hall–Kier alpha value is -0.170. The van der Waals surface area contributed by atoms with Crippen molar-refractivity contribution in [2.45, 2.75) is 44.8 Å². The van der Waals surface area contributed by atoms with Crippen molar-refractivity contribution in [1.29, 1.82) is 0 Å². The third-order valence-corrected chi connectivity index (χ3v) is 4.13. The summed E-state index contributed by atoms with van der Waals surface area (Å²) in [6.07, 6.45) is 2.79. The summed E-state index contributed by atoms with van der Waals surface area (Å²) in [4.78, 5) is 0. The molecule has 0 radical (unpaired) electrons. The molecule has 0 saturated heterocycles. The third kappa shape index (κ3) is 4.78. The van der Waals surface area contributed by atoms with Gasteiger partial charge in [-0.3, -0.25) is 0 Å². The maximum Gasteiger partial charge on any atom is 0.214 e. The molecule has 1 fully saturated rings. The number of aliphatic hydroxyl groups is 1. The Morgan fingerprint density at radius 3 is 2.69 bits per heavy atom. The lowest BCUT2D eigenvalue weighted by Gasteiger charge is -2.28. The van der Waals surface area contributed by atoms with Crippen LogP contribution in [0.25, 0.3) is 0 Å². The van der Waals surface area contributed by atoms with Crippen LogP contribution in [-0.4, -0.2) is 44.6 Å². The molecular weight excluding hydrogens is 230 g/mol. The zero-order valence-corrected chi connectivity index (χ0v) is 10.5. The molecule has 0 aromatic carbocycles. The van der Waals surface area contributed by atoms with Crippen molar-refractivity contribution < 1.29 is 18.3 Å². The number of nitrogens with one attached hydrogen (secondary N) is 1. The Bertz CT molecular complexity index is 291. The predicted octanol–water partition coefficient (Wildman–Crippen LogP) is 0.246. The summed E-state index contributed by atoms with van der Waals surface area (Å²) >= 11 is 0. The minimum atomic E-state index is -3.32. The third-order valence-electron chi connectivity index (χ3n) is 2.76. The van der Waals surface area contributed by atoms with Gasteiger partial charge in [0.05, 0.1) is 18.5 Å².